The number of aromatic amines is 1. The van der Waals surface area contributed by atoms with Gasteiger partial charge in [0, 0.05) is 16.0 Å². The van der Waals surface area contributed by atoms with Crippen molar-refractivity contribution in [3.63, 3.8) is 0 Å². The number of fused-ring (bicyclic) bond motifs is 3. The van der Waals surface area contributed by atoms with Crippen molar-refractivity contribution < 1.29 is 4.79 Å². The number of pyridine rings is 1. The number of hydrogen-bond donors (Lipinski definition) is 1. The smallest absolute Gasteiger partial charge is 0.267 e. The highest BCUT2D eigenvalue weighted by molar-refractivity contribution is 7.98. The molecule has 0 saturated carbocycles. The molecule has 4 nitrogen and oxygen atoms in total. The number of nitrogens with one attached hydrogen (secondary N) is 1. The van der Waals surface area contributed by atoms with Crippen molar-refractivity contribution in [2.24, 2.45) is 0 Å². The predicted octanol–water partition coefficient (Wildman–Crippen LogP) is 2.18. The lowest BCUT2D eigenvalue weighted by atomic mass is 10.1. The van der Waals surface area contributed by atoms with Gasteiger partial charge in [0.25, 0.3) is 5.56 Å². The summed E-state index contributed by atoms with van der Waals surface area (Å²) in [4.78, 5) is 27.4. The largest absolute Gasteiger partial charge is 0.320 e. The van der Waals surface area contributed by atoms with Gasteiger partial charge >= 0.3 is 0 Å². The Bertz CT molecular complexity index is 815. The molecule has 1 heterocycles. The number of aromatic nitrogens is 1. The number of carbonyl (C=O) groups excluding carboxylic acids is 1. The summed E-state index contributed by atoms with van der Waals surface area (Å²) < 4.78 is 0. The molecule has 0 atom stereocenters. The van der Waals surface area contributed by atoms with Gasteiger partial charge in [0.2, 0.25) is 0 Å². The number of ketones is 1. The molecule has 1 aromatic carbocycles. The molecule has 0 radical (unpaired) electrons. The summed E-state index contributed by atoms with van der Waals surface area (Å²) in [5, 5.41) is 9.07. The number of nitriles is 1. The summed E-state index contributed by atoms with van der Waals surface area (Å²) in [5.41, 5.74) is 1.80. The SMILES string of the molecule is CSc1c2c([nH]c(=O)c1C#N)-c1ccccc1C2=O. The molecule has 2 aromatic rings. The molecule has 0 bridgehead atoms. The van der Waals surface area contributed by atoms with Crippen LogP contribution in [0.4, 0.5) is 0 Å². The molecule has 1 aliphatic rings. The highest BCUT2D eigenvalue weighted by atomic mass is 32.2. The third-order valence-corrected chi connectivity index (χ3v) is 3.97. The average Bonchev–Trinajstić information content (AvgIpc) is 2.71. The number of H-pyrrole nitrogens is 1. The topological polar surface area (TPSA) is 73.7 Å². The molecule has 0 aliphatic heterocycles. The molecule has 19 heavy (non-hydrogen) atoms. The van der Waals surface area contributed by atoms with E-state index in [1.807, 2.05) is 12.1 Å². The van der Waals surface area contributed by atoms with Crippen LogP contribution in [0.1, 0.15) is 21.5 Å². The maximum Gasteiger partial charge on any atom is 0.267 e. The second-order valence-electron chi connectivity index (χ2n) is 4.10. The summed E-state index contributed by atoms with van der Waals surface area (Å²) in [6.07, 6.45) is 1.76. The standard InChI is InChI=1S/C14H8N2O2S/c1-19-13-9(6-15)14(18)16-11-7-4-2-3-5-8(7)12(17)10(11)13/h2-5H,1H3,(H,16,18). The number of nitrogens with zero attached hydrogens (tertiary/aromatic N) is 1. The summed E-state index contributed by atoms with van der Waals surface area (Å²) in [6.45, 7) is 0. The molecule has 0 fully saturated rings. The molecular weight excluding hydrogens is 260 g/mol. The molecule has 5 heteroatoms. The number of thioether (sulfide) groups is 1. The molecule has 1 aliphatic carbocycles. The molecule has 0 saturated heterocycles. The molecule has 1 aromatic heterocycles. The maximum atomic E-state index is 12.4. The molecule has 1 N–H and O–H groups in total. The van der Waals surface area contributed by atoms with Crippen molar-refractivity contribution in [2.45, 2.75) is 4.90 Å². The van der Waals surface area contributed by atoms with Crippen LogP contribution in [0.15, 0.2) is 34.0 Å². The first-order valence-electron chi connectivity index (χ1n) is 5.57. The lowest BCUT2D eigenvalue weighted by Gasteiger charge is -2.06. The van der Waals surface area contributed by atoms with Crippen LogP contribution in [0.5, 0.6) is 0 Å². The molecule has 92 valence electrons. The van der Waals surface area contributed by atoms with Gasteiger partial charge in [-0.15, -0.1) is 11.8 Å². The Morgan fingerprint density at radius 3 is 2.53 bits per heavy atom. The van der Waals surface area contributed by atoms with Gasteiger partial charge in [-0.3, -0.25) is 9.59 Å². The second-order valence-corrected chi connectivity index (χ2v) is 4.92. The minimum atomic E-state index is -0.449. The van der Waals surface area contributed by atoms with E-state index in [2.05, 4.69) is 4.98 Å². The zero-order valence-corrected chi connectivity index (χ0v) is 10.8. The van der Waals surface area contributed by atoms with Crippen LogP contribution in [-0.2, 0) is 0 Å². The molecule has 0 spiro atoms. The normalized spacial score (nSPS) is 11.9. The molecule has 0 unspecified atom stereocenters. The Hall–Kier alpha value is -2.32. The minimum absolute atomic E-state index is 0.00686. The van der Waals surface area contributed by atoms with Crippen molar-refractivity contribution in [1.82, 2.24) is 4.98 Å². The summed E-state index contributed by atoms with van der Waals surface area (Å²) in [6, 6.07) is 9.00. The van der Waals surface area contributed by atoms with Crippen molar-refractivity contribution in [3.05, 3.63) is 51.3 Å². The zero-order valence-electron chi connectivity index (χ0n) is 9.98. The second kappa shape index (κ2) is 4.11. The number of hydrogen-bond acceptors (Lipinski definition) is 4. The third kappa shape index (κ3) is 1.47. The van der Waals surface area contributed by atoms with E-state index >= 15 is 0 Å². The number of carbonyl (C=O) groups is 1. The van der Waals surface area contributed by atoms with Gasteiger partial charge < -0.3 is 4.98 Å². The zero-order chi connectivity index (χ0) is 13.6. The Kier molecular flexibility index (Phi) is 2.54. The molecular formula is C14H8N2O2S. The number of rotatable bonds is 1. The lowest BCUT2D eigenvalue weighted by molar-refractivity contribution is 0.104. The van der Waals surface area contributed by atoms with E-state index in [-0.39, 0.29) is 11.3 Å². The van der Waals surface area contributed by atoms with Crippen molar-refractivity contribution in [1.29, 1.82) is 5.26 Å². The summed E-state index contributed by atoms with van der Waals surface area (Å²) in [5.74, 6) is -0.136. The van der Waals surface area contributed by atoms with Crippen molar-refractivity contribution >= 4 is 17.5 Å². The van der Waals surface area contributed by atoms with E-state index in [1.54, 1.807) is 24.5 Å². The van der Waals surface area contributed by atoms with Crippen molar-refractivity contribution in [3.8, 4) is 17.3 Å². The van der Waals surface area contributed by atoms with E-state index < -0.39 is 5.56 Å². The van der Waals surface area contributed by atoms with Gasteiger partial charge in [-0.05, 0) is 6.26 Å². The Balaban J connectivity index is 2.47. The third-order valence-electron chi connectivity index (χ3n) is 3.15. The summed E-state index contributed by atoms with van der Waals surface area (Å²) >= 11 is 1.25. The fourth-order valence-corrected chi connectivity index (χ4v) is 3.08. The van der Waals surface area contributed by atoms with Crippen LogP contribution in [0.25, 0.3) is 11.3 Å². The van der Waals surface area contributed by atoms with Crippen LogP contribution in [0, 0.1) is 11.3 Å². The Labute approximate surface area is 113 Å². The number of benzene rings is 1. The maximum absolute atomic E-state index is 12.4. The van der Waals surface area contributed by atoms with Gasteiger partial charge in [0.1, 0.15) is 11.6 Å². The lowest BCUT2D eigenvalue weighted by Crippen LogP contribution is -2.15. The average molecular weight is 268 g/mol. The van der Waals surface area contributed by atoms with Crippen LogP contribution >= 0.6 is 11.8 Å². The van der Waals surface area contributed by atoms with E-state index in [0.717, 1.165) is 5.56 Å². The Morgan fingerprint density at radius 1 is 1.21 bits per heavy atom. The van der Waals surface area contributed by atoms with Crippen LogP contribution in [-0.4, -0.2) is 17.0 Å². The fraction of sp³-hybridized carbons (Fsp3) is 0.0714. The predicted molar refractivity (Wildman–Crippen MR) is 72.4 cm³/mol. The first-order chi connectivity index (χ1) is 9.19. The quantitative estimate of drug-likeness (QED) is 0.686. The van der Waals surface area contributed by atoms with Gasteiger partial charge in [0.15, 0.2) is 5.78 Å². The van der Waals surface area contributed by atoms with Gasteiger partial charge in [-0.1, -0.05) is 24.3 Å². The van der Waals surface area contributed by atoms with Crippen molar-refractivity contribution in [2.75, 3.05) is 6.26 Å². The molecule has 0 amide bonds. The van der Waals surface area contributed by atoms with Crippen LogP contribution < -0.4 is 5.56 Å². The first kappa shape index (κ1) is 11.8. The van der Waals surface area contributed by atoms with Gasteiger partial charge in [-0.25, -0.2) is 0 Å². The van der Waals surface area contributed by atoms with Crippen LogP contribution in [0.2, 0.25) is 0 Å². The van der Waals surface area contributed by atoms with Crippen LogP contribution in [0.3, 0.4) is 0 Å². The first-order valence-corrected chi connectivity index (χ1v) is 6.80. The summed E-state index contributed by atoms with van der Waals surface area (Å²) in [7, 11) is 0. The fourth-order valence-electron chi connectivity index (χ4n) is 2.34. The van der Waals surface area contributed by atoms with E-state index in [4.69, 9.17) is 5.26 Å². The Morgan fingerprint density at radius 2 is 1.89 bits per heavy atom. The molecule has 3 rings (SSSR count). The highest BCUT2D eigenvalue weighted by Gasteiger charge is 2.32. The monoisotopic (exact) mass is 268 g/mol. The van der Waals surface area contributed by atoms with Gasteiger partial charge in [-0.2, -0.15) is 5.26 Å². The van der Waals surface area contributed by atoms with E-state index in [9.17, 15) is 9.59 Å². The van der Waals surface area contributed by atoms with E-state index in [1.165, 1.54) is 11.8 Å². The van der Waals surface area contributed by atoms with E-state index in [0.29, 0.717) is 21.7 Å². The highest BCUT2D eigenvalue weighted by Crippen LogP contribution is 2.39. The minimum Gasteiger partial charge on any atom is -0.320 e. The van der Waals surface area contributed by atoms with Gasteiger partial charge in [0.05, 0.1) is 11.3 Å².